The standard InChI is InChI=1S/C9H7NO9/c10-6-4(18-8(13)14)1-3(17-7(11)12)2-5(6)19-9(15)16/h1-2H,10H2,(H,11,12)(H,13,14)(H,15,16). The van der Waals surface area contributed by atoms with Crippen molar-refractivity contribution >= 4 is 24.2 Å². The summed E-state index contributed by atoms with van der Waals surface area (Å²) >= 11 is 0. The minimum Gasteiger partial charge on any atom is -0.449 e. The van der Waals surface area contributed by atoms with Gasteiger partial charge in [0.25, 0.3) is 0 Å². The third-order valence-corrected chi connectivity index (χ3v) is 1.68. The van der Waals surface area contributed by atoms with Gasteiger partial charge in [-0.15, -0.1) is 0 Å². The van der Waals surface area contributed by atoms with Crippen molar-refractivity contribution < 1.29 is 43.9 Å². The molecule has 102 valence electrons. The van der Waals surface area contributed by atoms with Crippen molar-refractivity contribution in [1.29, 1.82) is 0 Å². The lowest BCUT2D eigenvalue weighted by atomic mass is 10.2. The molecule has 10 heteroatoms. The molecule has 0 unspecified atom stereocenters. The van der Waals surface area contributed by atoms with Gasteiger partial charge in [0.2, 0.25) is 0 Å². The Balaban J connectivity index is 3.24. The zero-order valence-corrected chi connectivity index (χ0v) is 9.02. The summed E-state index contributed by atoms with van der Waals surface area (Å²) < 4.78 is 12.7. The van der Waals surface area contributed by atoms with Gasteiger partial charge in [0.15, 0.2) is 11.5 Å². The van der Waals surface area contributed by atoms with Gasteiger partial charge in [-0.1, -0.05) is 0 Å². The Labute approximate surface area is 104 Å². The van der Waals surface area contributed by atoms with Crippen molar-refractivity contribution in [3.8, 4) is 17.2 Å². The summed E-state index contributed by atoms with van der Waals surface area (Å²) in [5, 5.41) is 25.3. The lowest BCUT2D eigenvalue weighted by Crippen LogP contribution is -2.10. The summed E-state index contributed by atoms with van der Waals surface area (Å²) in [5.74, 6) is -1.47. The number of carboxylic acid groups (broad SMARTS) is 3. The lowest BCUT2D eigenvalue weighted by molar-refractivity contribution is 0.142. The third kappa shape index (κ3) is 3.96. The highest BCUT2D eigenvalue weighted by molar-refractivity contribution is 5.75. The Bertz CT molecular complexity index is 501. The van der Waals surface area contributed by atoms with E-state index in [1.807, 2.05) is 0 Å². The molecule has 0 aromatic heterocycles. The van der Waals surface area contributed by atoms with Gasteiger partial charge < -0.3 is 35.3 Å². The van der Waals surface area contributed by atoms with Crippen LogP contribution in [-0.2, 0) is 0 Å². The normalized spacial score (nSPS) is 9.47. The smallest absolute Gasteiger partial charge is 0.449 e. The second-order valence-corrected chi connectivity index (χ2v) is 2.94. The van der Waals surface area contributed by atoms with Crippen molar-refractivity contribution in [3.63, 3.8) is 0 Å². The van der Waals surface area contributed by atoms with Gasteiger partial charge >= 0.3 is 18.5 Å². The first kappa shape index (κ1) is 13.9. The highest BCUT2D eigenvalue weighted by Gasteiger charge is 2.17. The van der Waals surface area contributed by atoms with E-state index < -0.39 is 41.4 Å². The third-order valence-electron chi connectivity index (χ3n) is 1.68. The van der Waals surface area contributed by atoms with Crippen LogP contribution in [0.2, 0.25) is 0 Å². The first-order valence-electron chi connectivity index (χ1n) is 4.45. The molecule has 19 heavy (non-hydrogen) atoms. The van der Waals surface area contributed by atoms with Crippen molar-refractivity contribution in [3.05, 3.63) is 12.1 Å². The SMILES string of the molecule is Nc1c(OC(=O)O)cc(OC(=O)O)cc1OC(=O)O. The van der Waals surface area contributed by atoms with E-state index in [-0.39, 0.29) is 0 Å². The van der Waals surface area contributed by atoms with Crippen molar-refractivity contribution in [1.82, 2.24) is 0 Å². The van der Waals surface area contributed by atoms with Crippen molar-refractivity contribution in [2.45, 2.75) is 0 Å². The molecule has 0 fully saturated rings. The number of hydrogen-bond acceptors (Lipinski definition) is 7. The summed E-state index contributed by atoms with van der Waals surface area (Å²) in [6.07, 6.45) is -5.17. The molecule has 0 heterocycles. The van der Waals surface area contributed by atoms with Gasteiger partial charge in [-0.05, 0) is 0 Å². The monoisotopic (exact) mass is 273 g/mol. The molecule has 1 rings (SSSR count). The first-order chi connectivity index (χ1) is 8.79. The summed E-state index contributed by atoms with van der Waals surface area (Å²) in [4.78, 5) is 31.1. The van der Waals surface area contributed by atoms with E-state index >= 15 is 0 Å². The second kappa shape index (κ2) is 5.44. The minimum absolute atomic E-state index is 0.422. The highest BCUT2D eigenvalue weighted by atomic mass is 16.7. The van der Waals surface area contributed by atoms with E-state index in [2.05, 4.69) is 14.2 Å². The van der Waals surface area contributed by atoms with E-state index in [9.17, 15) is 14.4 Å². The molecule has 0 atom stereocenters. The number of benzene rings is 1. The maximum absolute atomic E-state index is 10.4. The number of ether oxygens (including phenoxy) is 3. The van der Waals surface area contributed by atoms with Gasteiger partial charge in [-0.3, -0.25) is 0 Å². The van der Waals surface area contributed by atoms with Gasteiger partial charge in [-0.2, -0.15) is 0 Å². The van der Waals surface area contributed by atoms with Crippen LogP contribution in [-0.4, -0.2) is 33.8 Å². The predicted octanol–water partition coefficient (Wildman–Crippen LogP) is 1.44. The number of hydrogen-bond donors (Lipinski definition) is 4. The molecule has 0 saturated heterocycles. The molecule has 1 aromatic carbocycles. The van der Waals surface area contributed by atoms with E-state index in [0.717, 1.165) is 12.1 Å². The largest absolute Gasteiger partial charge is 0.511 e. The Morgan fingerprint density at radius 1 is 0.842 bits per heavy atom. The van der Waals surface area contributed by atoms with Gasteiger partial charge in [-0.25, -0.2) is 14.4 Å². The molecule has 10 nitrogen and oxygen atoms in total. The van der Waals surface area contributed by atoms with Crippen LogP contribution in [0.25, 0.3) is 0 Å². The highest BCUT2D eigenvalue weighted by Crippen LogP contribution is 2.37. The molecule has 0 bridgehead atoms. The van der Waals surface area contributed by atoms with Crippen LogP contribution in [0.4, 0.5) is 20.1 Å². The quantitative estimate of drug-likeness (QED) is 0.359. The summed E-state index contributed by atoms with van der Waals surface area (Å²) in [7, 11) is 0. The summed E-state index contributed by atoms with van der Waals surface area (Å²) in [5.41, 5.74) is 4.96. The molecule has 0 aliphatic rings. The van der Waals surface area contributed by atoms with E-state index in [0.29, 0.717) is 0 Å². The average Bonchev–Trinajstić information content (AvgIpc) is 2.22. The molecule has 0 radical (unpaired) electrons. The van der Waals surface area contributed by atoms with E-state index in [1.165, 1.54) is 0 Å². The van der Waals surface area contributed by atoms with Crippen molar-refractivity contribution in [2.75, 3.05) is 5.73 Å². The molecular formula is C9H7NO9. The van der Waals surface area contributed by atoms with Crippen LogP contribution < -0.4 is 19.9 Å². The molecule has 0 amide bonds. The number of anilines is 1. The van der Waals surface area contributed by atoms with Crippen LogP contribution >= 0.6 is 0 Å². The topological polar surface area (TPSA) is 166 Å². The van der Waals surface area contributed by atoms with Crippen LogP contribution in [0, 0.1) is 0 Å². The molecule has 0 saturated carbocycles. The zero-order valence-electron chi connectivity index (χ0n) is 9.02. The number of rotatable bonds is 3. The Morgan fingerprint density at radius 2 is 1.21 bits per heavy atom. The molecule has 0 aliphatic heterocycles. The van der Waals surface area contributed by atoms with Gasteiger partial charge in [0.05, 0.1) is 0 Å². The van der Waals surface area contributed by atoms with Crippen LogP contribution in [0.3, 0.4) is 0 Å². The predicted molar refractivity (Wildman–Crippen MR) is 56.8 cm³/mol. The summed E-state index contributed by atoms with van der Waals surface area (Å²) in [6.45, 7) is 0. The van der Waals surface area contributed by atoms with E-state index in [4.69, 9.17) is 21.1 Å². The number of nitrogen functional groups attached to an aromatic ring is 1. The second-order valence-electron chi connectivity index (χ2n) is 2.94. The Morgan fingerprint density at radius 3 is 1.53 bits per heavy atom. The minimum atomic E-state index is -1.74. The molecule has 1 aromatic rings. The number of carbonyl (C=O) groups is 3. The Kier molecular flexibility index (Phi) is 3.98. The first-order valence-corrected chi connectivity index (χ1v) is 4.45. The molecule has 5 N–H and O–H groups in total. The van der Waals surface area contributed by atoms with Crippen molar-refractivity contribution in [2.24, 2.45) is 0 Å². The molecular weight excluding hydrogens is 266 g/mol. The van der Waals surface area contributed by atoms with Gasteiger partial charge in [0, 0.05) is 12.1 Å². The maximum Gasteiger partial charge on any atom is 0.511 e. The van der Waals surface area contributed by atoms with Crippen LogP contribution in [0.15, 0.2) is 12.1 Å². The molecule has 0 aliphatic carbocycles. The Hall–Kier alpha value is -3.17. The van der Waals surface area contributed by atoms with Crippen LogP contribution in [0.5, 0.6) is 17.2 Å². The van der Waals surface area contributed by atoms with E-state index in [1.54, 1.807) is 0 Å². The average molecular weight is 273 g/mol. The van der Waals surface area contributed by atoms with Gasteiger partial charge in [0.1, 0.15) is 11.4 Å². The lowest BCUT2D eigenvalue weighted by Gasteiger charge is -2.10. The fourth-order valence-electron chi connectivity index (χ4n) is 1.09. The molecule has 0 spiro atoms. The van der Waals surface area contributed by atoms with Crippen LogP contribution in [0.1, 0.15) is 0 Å². The zero-order chi connectivity index (χ0) is 14.6. The summed E-state index contributed by atoms with van der Waals surface area (Å²) in [6, 6.07) is 1.71. The number of nitrogens with two attached hydrogens (primary N) is 1. The fraction of sp³-hybridized carbons (Fsp3) is 0. The maximum atomic E-state index is 10.4. The fourth-order valence-corrected chi connectivity index (χ4v) is 1.09.